The third-order valence-electron chi connectivity index (χ3n) is 6.87. The van der Waals surface area contributed by atoms with Crippen LogP contribution in [0.4, 0.5) is 5.69 Å². The van der Waals surface area contributed by atoms with E-state index in [4.69, 9.17) is 14.2 Å². The van der Waals surface area contributed by atoms with Crippen LogP contribution in [0.15, 0.2) is 78.0 Å². The maximum atomic E-state index is 14.2. The first-order chi connectivity index (χ1) is 20.7. The standard InChI is InChI=1S/C33H36N4O5S/c1-21-9-7-8-10-25(21)19-37(30(38)20-43-33-34-22(2)17-23(3)35-33)31(24-11-13-26(40-4)14-12-24)32(39)36-28-16-15-27(41-5)18-29(28)42-6/h7-18,31H,19-20H2,1-6H3,(H,36,39). The van der Waals surface area contributed by atoms with Gasteiger partial charge in [0.2, 0.25) is 5.91 Å². The van der Waals surface area contributed by atoms with E-state index in [1.54, 1.807) is 61.6 Å². The molecule has 9 nitrogen and oxygen atoms in total. The van der Waals surface area contributed by atoms with Crippen molar-refractivity contribution in [1.82, 2.24) is 14.9 Å². The topological polar surface area (TPSA) is 103 Å². The fraction of sp³-hybridized carbons (Fsp3) is 0.273. The van der Waals surface area contributed by atoms with E-state index in [1.165, 1.54) is 18.9 Å². The number of carbonyl (C=O) groups is 2. The SMILES string of the molecule is COc1ccc(C(C(=O)Nc2ccc(OC)cc2OC)N(Cc2ccccc2C)C(=O)CSc2nc(C)cc(C)n2)cc1. The molecule has 3 aromatic carbocycles. The summed E-state index contributed by atoms with van der Waals surface area (Å²) >= 11 is 1.25. The van der Waals surface area contributed by atoms with Gasteiger partial charge in [-0.1, -0.05) is 48.2 Å². The summed E-state index contributed by atoms with van der Waals surface area (Å²) in [6.07, 6.45) is 0. The fourth-order valence-corrected chi connectivity index (χ4v) is 5.46. The highest BCUT2D eigenvalue weighted by Gasteiger charge is 2.33. The predicted octanol–water partition coefficient (Wildman–Crippen LogP) is 5.93. The zero-order valence-electron chi connectivity index (χ0n) is 25.2. The second-order valence-corrected chi connectivity index (χ2v) is 10.8. The largest absolute Gasteiger partial charge is 0.497 e. The molecular formula is C33H36N4O5S. The molecule has 2 amide bonds. The molecule has 4 rings (SSSR count). The summed E-state index contributed by atoms with van der Waals surface area (Å²) in [5.41, 5.74) is 4.66. The number of aromatic nitrogens is 2. The van der Waals surface area contributed by atoms with Crippen LogP contribution in [-0.4, -0.2) is 53.8 Å². The molecular weight excluding hydrogens is 564 g/mol. The Balaban J connectivity index is 1.75. The Morgan fingerprint density at radius 2 is 1.49 bits per heavy atom. The molecule has 1 aromatic heterocycles. The molecule has 0 aliphatic rings. The van der Waals surface area contributed by atoms with Gasteiger partial charge in [0.15, 0.2) is 5.16 Å². The molecule has 224 valence electrons. The highest BCUT2D eigenvalue weighted by molar-refractivity contribution is 7.99. The summed E-state index contributed by atoms with van der Waals surface area (Å²) in [6, 6.07) is 21.0. The Morgan fingerprint density at radius 1 is 0.837 bits per heavy atom. The number of ether oxygens (including phenoxy) is 3. The van der Waals surface area contributed by atoms with Crippen LogP contribution < -0.4 is 19.5 Å². The van der Waals surface area contributed by atoms with Crippen LogP contribution in [0.3, 0.4) is 0 Å². The number of hydrogen-bond donors (Lipinski definition) is 1. The van der Waals surface area contributed by atoms with Crippen LogP contribution >= 0.6 is 11.8 Å². The number of benzene rings is 3. The van der Waals surface area contributed by atoms with E-state index in [1.807, 2.05) is 51.1 Å². The summed E-state index contributed by atoms with van der Waals surface area (Å²) in [5, 5.41) is 3.50. The second kappa shape index (κ2) is 14.6. The third-order valence-corrected chi connectivity index (χ3v) is 7.70. The number of methoxy groups -OCH3 is 3. The van der Waals surface area contributed by atoms with Gasteiger partial charge in [0.1, 0.15) is 23.3 Å². The highest BCUT2D eigenvalue weighted by Crippen LogP contribution is 2.33. The quantitative estimate of drug-likeness (QED) is 0.158. The molecule has 1 heterocycles. The van der Waals surface area contributed by atoms with Crippen LogP contribution in [0.5, 0.6) is 17.2 Å². The predicted molar refractivity (Wildman–Crippen MR) is 168 cm³/mol. The van der Waals surface area contributed by atoms with E-state index in [-0.39, 0.29) is 18.2 Å². The average molecular weight is 601 g/mol. The summed E-state index contributed by atoms with van der Waals surface area (Å²) in [6.45, 7) is 5.98. The molecule has 0 aliphatic heterocycles. The Morgan fingerprint density at radius 3 is 2.12 bits per heavy atom. The van der Waals surface area contributed by atoms with Gasteiger partial charge in [-0.15, -0.1) is 0 Å². The lowest BCUT2D eigenvalue weighted by molar-refractivity contribution is -0.137. The summed E-state index contributed by atoms with van der Waals surface area (Å²) in [7, 11) is 4.66. The van der Waals surface area contributed by atoms with Gasteiger partial charge in [0.25, 0.3) is 5.91 Å². The van der Waals surface area contributed by atoms with Crippen molar-refractivity contribution in [2.75, 3.05) is 32.4 Å². The molecule has 4 aromatic rings. The average Bonchev–Trinajstić information content (AvgIpc) is 3.00. The van der Waals surface area contributed by atoms with Crippen LogP contribution in [0, 0.1) is 20.8 Å². The van der Waals surface area contributed by atoms with Crippen LogP contribution in [0.25, 0.3) is 0 Å². The number of amides is 2. The molecule has 0 aliphatic carbocycles. The third kappa shape index (κ3) is 8.04. The Bertz CT molecular complexity index is 1560. The molecule has 1 N–H and O–H groups in total. The number of rotatable bonds is 12. The minimum atomic E-state index is -0.981. The minimum Gasteiger partial charge on any atom is -0.497 e. The first-order valence-electron chi connectivity index (χ1n) is 13.7. The van der Waals surface area contributed by atoms with Gasteiger partial charge in [-0.2, -0.15) is 0 Å². The van der Waals surface area contributed by atoms with Crippen molar-refractivity contribution in [3.8, 4) is 17.2 Å². The van der Waals surface area contributed by atoms with Crippen molar-refractivity contribution < 1.29 is 23.8 Å². The normalized spacial score (nSPS) is 11.4. The Labute approximate surface area is 256 Å². The van der Waals surface area contributed by atoms with Crippen LogP contribution in [0.1, 0.15) is 34.1 Å². The van der Waals surface area contributed by atoms with E-state index in [0.717, 1.165) is 22.5 Å². The molecule has 0 spiro atoms. The first kappa shape index (κ1) is 31.4. The van der Waals surface area contributed by atoms with Crippen molar-refractivity contribution >= 4 is 29.3 Å². The Hall–Kier alpha value is -4.57. The zero-order chi connectivity index (χ0) is 30.9. The molecule has 0 bridgehead atoms. The van der Waals surface area contributed by atoms with Gasteiger partial charge in [-0.25, -0.2) is 9.97 Å². The first-order valence-corrected chi connectivity index (χ1v) is 14.7. The molecule has 0 saturated carbocycles. The fourth-order valence-electron chi connectivity index (χ4n) is 4.62. The lowest BCUT2D eigenvalue weighted by Gasteiger charge is -2.32. The van der Waals surface area contributed by atoms with Gasteiger partial charge in [-0.3, -0.25) is 9.59 Å². The maximum absolute atomic E-state index is 14.2. The summed E-state index contributed by atoms with van der Waals surface area (Å²) < 4.78 is 16.2. The maximum Gasteiger partial charge on any atom is 0.251 e. The number of aryl methyl sites for hydroxylation is 3. The lowest BCUT2D eigenvalue weighted by Crippen LogP contribution is -2.42. The van der Waals surface area contributed by atoms with Crippen molar-refractivity contribution in [3.05, 3.63) is 101 Å². The number of anilines is 1. The number of carbonyl (C=O) groups excluding carboxylic acids is 2. The minimum absolute atomic E-state index is 0.0422. The second-order valence-electron chi connectivity index (χ2n) is 9.90. The molecule has 0 radical (unpaired) electrons. The smallest absolute Gasteiger partial charge is 0.251 e. The van der Waals surface area contributed by atoms with Crippen LogP contribution in [0.2, 0.25) is 0 Å². The van der Waals surface area contributed by atoms with E-state index < -0.39 is 11.9 Å². The summed E-state index contributed by atoms with van der Waals surface area (Å²) in [5.74, 6) is 1.06. The molecule has 1 atom stereocenters. The lowest BCUT2D eigenvalue weighted by atomic mass is 10.0. The highest BCUT2D eigenvalue weighted by atomic mass is 32.2. The van der Waals surface area contributed by atoms with Gasteiger partial charge in [0.05, 0.1) is 32.8 Å². The number of nitrogens with zero attached hydrogens (tertiary/aromatic N) is 3. The molecule has 1 unspecified atom stereocenters. The van der Waals surface area contributed by atoms with Gasteiger partial charge in [-0.05, 0) is 67.8 Å². The monoisotopic (exact) mass is 600 g/mol. The molecule has 0 fully saturated rings. The van der Waals surface area contributed by atoms with Crippen molar-refractivity contribution in [1.29, 1.82) is 0 Å². The number of nitrogens with one attached hydrogen (secondary N) is 1. The van der Waals surface area contributed by atoms with Gasteiger partial charge >= 0.3 is 0 Å². The van der Waals surface area contributed by atoms with Crippen molar-refractivity contribution in [2.45, 2.75) is 38.5 Å². The van der Waals surface area contributed by atoms with E-state index >= 15 is 0 Å². The molecule has 10 heteroatoms. The van der Waals surface area contributed by atoms with E-state index in [2.05, 4.69) is 15.3 Å². The van der Waals surface area contributed by atoms with Gasteiger partial charge in [0, 0.05) is 24.0 Å². The van der Waals surface area contributed by atoms with Crippen LogP contribution in [-0.2, 0) is 16.1 Å². The van der Waals surface area contributed by atoms with E-state index in [9.17, 15) is 9.59 Å². The molecule has 0 saturated heterocycles. The van der Waals surface area contributed by atoms with E-state index in [0.29, 0.717) is 33.7 Å². The summed E-state index contributed by atoms with van der Waals surface area (Å²) in [4.78, 5) is 38.9. The van der Waals surface area contributed by atoms with Crippen molar-refractivity contribution in [2.24, 2.45) is 0 Å². The molecule has 43 heavy (non-hydrogen) atoms. The zero-order valence-corrected chi connectivity index (χ0v) is 26.0. The van der Waals surface area contributed by atoms with Gasteiger partial charge < -0.3 is 24.4 Å². The number of hydrogen-bond acceptors (Lipinski definition) is 8. The van der Waals surface area contributed by atoms with Crippen molar-refractivity contribution in [3.63, 3.8) is 0 Å². The number of thioether (sulfide) groups is 1. The Kier molecular flexibility index (Phi) is 10.6.